The van der Waals surface area contributed by atoms with Crippen LogP contribution < -0.4 is 5.32 Å². The Bertz CT molecular complexity index is 411. The van der Waals surface area contributed by atoms with Gasteiger partial charge in [0.1, 0.15) is 5.82 Å². The third kappa shape index (κ3) is 4.26. The maximum Gasteiger partial charge on any atom is 0.128 e. The molecule has 106 valence electrons. The molecule has 1 aromatic carbocycles. The third-order valence-electron chi connectivity index (χ3n) is 3.77. The SMILES string of the molecule is CCNCC1CCCCN1Cc1ccc(Br)cc1F. The standard InChI is InChI=1S/C15H22BrFN2/c1-2-18-10-14-5-3-4-8-19(14)11-12-6-7-13(16)9-15(12)17/h6-7,9,14,18H,2-5,8,10-11H2,1H3. The summed E-state index contributed by atoms with van der Waals surface area (Å²) in [5.74, 6) is -0.109. The normalized spacial score (nSPS) is 20.7. The van der Waals surface area contributed by atoms with Crippen LogP contribution in [0.25, 0.3) is 0 Å². The Hall–Kier alpha value is -0.450. The van der Waals surface area contributed by atoms with E-state index in [-0.39, 0.29) is 5.82 Å². The molecule has 0 aliphatic carbocycles. The van der Waals surface area contributed by atoms with Gasteiger partial charge in [0.05, 0.1) is 0 Å². The minimum atomic E-state index is -0.109. The Balaban J connectivity index is 2.02. The summed E-state index contributed by atoms with van der Waals surface area (Å²) in [7, 11) is 0. The molecule has 1 aromatic rings. The second-order valence-electron chi connectivity index (χ2n) is 5.16. The minimum Gasteiger partial charge on any atom is -0.315 e. The zero-order valence-electron chi connectivity index (χ0n) is 11.5. The van der Waals surface area contributed by atoms with Crippen molar-refractivity contribution in [2.45, 2.75) is 38.8 Å². The predicted molar refractivity (Wildman–Crippen MR) is 80.7 cm³/mol. The van der Waals surface area contributed by atoms with E-state index in [0.717, 1.165) is 36.2 Å². The molecule has 19 heavy (non-hydrogen) atoms. The number of likely N-dealkylation sites (tertiary alicyclic amines) is 1. The molecule has 0 saturated carbocycles. The smallest absolute Gasteiger partial charge is 0.128 e. The van der Waals surface area contributed by atoms with Gasteiger partial charge in [-0.05, 0) is 38.1 Å². The number of rotatable bonds is 5. The van der Waals surface area contributed by atoms with Crippen molar-refractivity contribution >= 4 is 15.9 Å². The molecule has 2 rings (SSSR count). The quantitative estimate of drug-likeness (QED) is 0.889. The van der Waals surface area contributed by atoms with E-state index >= 15 is 0 Å². The van der Waals surface area contributed by atoms with E-state index in [1.807, 2.05) is 12.1 Å². The topological polar surface area (TPSA) is 15.3 Å². The molecule has 0 aromatic heterocycles. The van der Waals surface area contributed by atoms with Gasteiger partial charge in [-0.1, -0.05) is 35.3 Å². The summed E-state index contributed by atoms with van der Waals surface area (Å²) in [6, 6.07) is 5.90. The summed E-state index contributed by atoms with van der Waals surface area (Å²) in [6.45, 7) is 5.92. The van der Waals surface area contributed by atoms with E-state index in [2.05, 4.69) is 33.1 Å². The van der Waals surface area contributed by atoms with Crippen molar-refractivity contribution in [1.82, 2.24) is 10.2 Å². The van der Waals surface area contributed by atoms with Gasteiger partial charge in [-0.15, -0.1) is 0 Å². The van der Waals surface area contributed by atoms with Gasteiger partial charge in [0.2, 0.25) is 0 Å². The predicted octanol–water partition coefficient (Wildman–Crippen LogP) is 3.55. The van der Waals surface area contributed by atoms with Gasteiger partial charge >= 0.3 is 0 Å². The lowest BCUT2D eigenvalue weighted by Crippen LogP contribution is -2.45. The fourth-order valence-corrected chi connectivity index (χ4v) is 3.01. The van der Waals surface area contributed by atoms with Crippen LogP contribution in [0.4, 0.5) is 4.39 Å². The first kappa shape index (κ1) is 14.9. The van der Waals surface area contributed by atoms with E-state index in [9.17, 15) is 4.39 Å². The van der Waals surface area contributed by atoms with Gasteiger partial charge in [0, 0.05) is 29.2 Å². The van der Waals surface area contributed by atoms with Crippen LogP contribution in [0.5, 0.6) is 0 Å². The van der Waals surface area contributed by atoms with Crippen LogP contribution in [0.2, 0.25) is 0 Å². The van der Waals surface area contributed by atoms with Crippen molar-refractivity contribution in [2.75, 3.05) is 19.6 Å². The van der Waals surface area contributed by atoms with Crippen LogP contribution >= 0.6 is 15.9 Å². The zero-order valence-corrected chi connectivity index (χ0v) is 13.0. The van der Waals surface area contributed by atoms with E-state index in [1.165, 1.54) is 19.3 Å². The molecule has 1 N–H and O–H groups in total. The highest BCUT2D eigenvalue weighted by Gasteiger charge is 2.22. The van der Waals surface area contributed by atoms with Gasteiger partial charge in [-0.3, -0.25) is 4.90 Å². The Labute approximate surface area is 123 Å². The molecule has 1 unspecified atom stereocenters. The number of piperidine rings is 1. The molecular weight excluding hydrogens is 307 g/mol. The van der Waals surface area contributed by atoms with E-state index in [1.54, 1.807) is 6.07 Å². The third-order valence-corrected chi connectivity index (χ3v) is 4.26. The van der Waals surface area contributed by atoms with Crippen molar-refractivity contribution < 1.29 is 4.39 Å². The summed E-state index contributed by atoms with van der Waals surface area (Å²) in [4.78, 5) is 2.42. The molecule has 1 saturated heterocycles. The van der Waals surface area contributed by atoms with E-state index < -0.39 is 0 Å². The van der Waals surface area contributed by atoms with Gasteiger partial charge in [-0.2, -0.15) is 0 Å². The highest BCUT2D eigenvalue weighted by atomic mass is 79.9. The average Bonchev–Trinajstić information content (AvgIpc) is 2.41. The first-order chi connectivity index (χ1) is 9.20. The maximum atomic E-state index is 13.9. The summed E-state index contributed by atoms with van der Waals surface area (Å²) in [5.41, 5.74) is 0.798. The van der Waals surface area contributed by atoms with Crippen LogP contribution in [0, 0.1) is 5.82 Å². The van der Waals surface area contributed by atoms with Gasteiger partial charge < -0.3 is 5.32 Å². The fourth-order valence-electron chi connectivity index (χ4n) is 2.68. The van der Waals surface area contributed by atoms with E-state index in [0.29, 0.717) is 6.04 Å². The van der Waals surface area contributed by atoms with Crippen molar-refractivity contribution in [3.8, 4) is 0 Å². The Kier molecular flexibility index (Phi) is 5.79. The minimum absolute atomic E-state index is 0.109. The number of likely N-dealkylation sites (N-methyl/N-ethyl adjacent to an activating group) is 1. The van der Waals surface area contributed by atoms with Gasteiger partial charge in [-0.25, -0.2) is 4.39 Å². The Morgan fingerprint density at radius 2 is 2.26 bits per heavy atom. The van der Waals surface area contributed by atoms with Crippen LogP contribution in [-0.4, -0.2) is 30.6 Å². The summed E-state index contributed by atoms with van der Waals surface area (Å²) in [6.07, 6.45) is 3.72. The number of benzene rings is 1. The van der Waals surface area contributed by atoms with E-state index in [4.69, 9.17) is 0 Å². The molecule has 0 amide bonds. The lowest BCUT2D eigenvalue weighted by molar-refractivity contribution is 0.136. The molecule has 1 heterocycles. The lowest BCUT2D eigenvalue weighted by atomic mass is 10.0. The highest BCUT2D eigenvalue weighted by Crippen LogP contribution is 2.22. The van der Waals surface area contributed by atoms with Crippen molar-refractivity contribution in [3.63, 3.8) is 0 Å². The lowest BCUT2D eigenvalue weighted by Gasteiger charge is -2.36. The number of halogens is 2. The molecule has 1 fully saturated rings. The first-order valence-corrected chi connectivity index (χ1v) is 7.88. The molecule has 0 radical (unpaired) electrons. The first-order valence-electron chi connectivity index (χ1n) is 7.09. The zero-order chi connectivity index (χ0) is 13.7. The highest BCUT2D eigenvalue weighted by molar-refractivity contribution is 9.10. The van der Waals surface area contributed by atoms with Crippen LogP contribution in [0.15, 0.2) is 22.7 Å². The molecule has 2 nitrogen and oxygen atoms in total. The van der Waals surface area contributed by atoms with Crippen LogP contribution in [0.1, 0.15) is 31.7 Å². The summed E-state index contributed by atoms with van der Waals surface area (Å²) in [5, 5.41) is 3.41. The molecule has 1 atom stereocenters. The maximum absolute atomic E-state index is 13.9. The molecule has 4 heteroatoms. The number of nitrogens with zero attached hydrogens (tertiary/aromatic N) is 1. The van der Waals surface area contributed by atoms with Gasteiger partial charge in [0.15, 0.2) is 0 Å². The molecule has 0 spiro atoms. The monoisotopic (exact) mass is 328 g/mol. The van der Waals surface area contributed by atoms with Gasteiger partial charge in [0.25, 0.3) is 0 Å². The molecule has 1 aliphatic heterocycles. The van der Waals surface area contributed by atoms with Crippen molar-refractivity contribution in [1.29, 1.82) is 0 Å². The number of hydrogen-bond donors (Lipinski definition) is 1. The number of nitrogens with one attached hydrogen (secondary N) is 1. The molecule has 1 aliphatic rings. The summed E-state index contributed by atoms with van der Waals surface area (Å²) < 4.78 is 14.7. The largest absolute Gasteiger partial charge is 0.315 e. The fraction of sp³-hybridized carbons (Fsp3) is 0.600. The van der Waals surface area contributed by atoms with Crippen molar-refractivity contribution in [3.05, 3.63) is 34.1 Å². The summed E-state index contributed by atoms with van der Waals surface area (Å²) >= 11 is 3.30. The molecular formula is C15H22BrFN2. The number of hydrogen-bond acceptors (Lipinski definition) is 2. The second-order valence-corrected chi connectivity index (χ2v) is 6.08. The van der Waals surface area contributed by atoms with Crippen LogP contribution in [-0.2, 0) is 6.54 Å². The van der Waals surface area contributed by atoms with Crippen molar-refractivity contribution in [2.24, 2.45) is 0 Å². The Morgan fingerprint density at radius 3 is 3.00 bits per heavy atom. The Morgan fingerprint density at radius 1 is 1.42 bits per heavy atom. The molecule has 0 bridgehead atoms. The average molecular weight is 329 g/mol. The second kappa shape index (κ2) is 7.36. The van der Waals surface area contributed by atoms with Crippen LogP contribution in [0.3, 0.4) is 0 Å².